The van der Waals surface area contributed by atoms with Gasteiger partial charge in [-0.05, 0) is 69.4 Å². The number of aliphatic hydroxyl groups is 2. The Hall–Kier alpha value is -3.26. The molecule has 1 aromatic carbocycles. The van der Waals surface area contributed by atoms with Gasteiger partial charge in [0.15, 0.2) is 9.84 Å². The molecule has 0 radical (unpaired) electrons. The molecule has 0 saturated heterocycles. The summed E-state index contributed by atoms with van der Waals surface area (Å²) in [5.74, 6) is -0.294. The van der Waals surface area contributed by atoms with Gasteiger partial charge < -0.3 is 20.8 Å². The molecule has 7 rings (SSSR count). The Balaban J connectivity index is 1.20. The quantitative estimate of drug-likeness (QED) is 0.205. The maximum Gasteiger partial charge on any atom is 0.225 e. The van der Waals surface area contributed by atoms with E-state index in [-0.39, 0.29) is 17.1 Å². The Morgan fingerprint density at radius 2 is 1.76 bits per heavy atom. The van der Waals surface area contributed by atoms with Gasteiger partial charge in [-0.25, -0.2) is 22.8 Å². The van der Waals surface area contributed by atoms with Crippen molar-refractivity contribution in [2.24, 2.45) is 5.92 Å². The zero-order valence-electron chi connectivity index (χ0n) is 22.9. The molecule has 0 aliphatic heterocycles. The third-order valence-electron chi connectivity index (χ3n) is 8.24. The molecule has 3 aliphatic rings. The fourth-order valence-corrected chi connectivity index (χ4v) is 8.38. The van der Waals surface area contributed by atoms with Gasteiger partial charge in [-0.2, -0.15) is 4.98 Å². The normalized spacial score (nSPS) is 24.3. The minimum Gasteiger partial charge on any atom is -0.390 e. The number of sulfone groups is 1. The van der Waals surface area contributed by atoms with Crippen molar-refractivity contribution >= 4 is 43.2 Å². The third kappa shape index (κ3) is 5.34. The maximum absolute atomic E-state index is 13.4. The summed E-state index contributed by atoms with van der Waals surface area (Å²) in [7, 11) is -3.82. The predicted molar refractivity (Wildman–Crippen MR) is 158 cm³/mol. The first-order chi connectivity index (χ1) is 20.2. The van der Waals surface area contributed by atoms with Gasteiger partial charge in [-0.15, -0.1) is 11.3 Å². The number of hydrogen-bond donors (Lipinski definition) is 4. The number of thiazole rings is 1. The highest BCUT2D eigenvalue weighted by molar-refractivity contribution is 7.91. The van der Waals surface area contributed by atoms with E-state index in [0.717, 1.165) is 58.7 Å². The Labute approximate surface area is 246 Å². The van der Waals surface area contributed by atoms with Crippen LogP contribution < -0.4 is 10.6 Å². The van der Waals surface area contributed by atoms with Crippen molar-refractivity contribution in [1.82, 2.24) is 19.9 Å². The van der Waals surface area contributed by atoms with Gasteiger partial charge in [0.25, 0.3) is 0 Å². The zero-order chi connectivity index (χ0) is 29.2. The average Bonchev–Trinajstić information content (AvgIpc) is 3.88. The Kier molecular flexibility index (Phi) is 6.87. The Morgan fingerprint density at radius 3 is 2.48 bits per heavy atom. The minimum absolute atomic E-state index is 0.0256. The van der Waals surface area contributed by atoms with Crippen molar-refractivity contribution in [2.45, 2.75) is 74.1 Å². The van der Waals surface area contributed by atoms with Crippen LogP contribution in [-0.4, -0.2) is 68.6 Å². The molecular formula is C29H31FN6O4S2. The standard InChI is InChI=1S/C29H31FN6O4S2/c1-14-22(28-35-24-21(41-28)10-11-31-23(24)15-2-3-15)27(36-29(32-14)33-18-6-7-18)34-20-12-16(25(37)26(20)38)13-42(39,40)19-8-4-17(30)5-9-19/h4-5,8-11,15-16,18,20,25-26,37-38H,2-3,6-7,12-13H2,1H3,(H2,32,33,34,36)/t16-,20-,25-,26+/m1/s1. The van der Waals surface area contributed by atoms with Gasteiger partial charge in [0, 0.05) is 24.1 Å². The van der Waals surface area contributed by atoms with Crippen molar-refractivity contribution in [3.05, 3.63) is 53.7 Å². The second-order valence-corrected chi connectivity index (χ2v) is 14.6. The highest BCUT2D eigenvalue weighted by Gasteiger charge is 2.44. The number of aryl methyl sites for hydroxylation is 1. The minimum atomic E-state index is -3.82. The smallest absolute Gasteiger partial charge is 0.225 e. The van der Waals surface area contributed by atoms with Crippen LogP contribution in [0.15, 0.2) is 41.4 Å². The third-order valence-corrected chi connectivity index (χ3v) is 11.1. The second-order valence-electron chi connectivity index (χ2n) is 11.6. The number of rotatable bonds is 9. The van der Waals surface area contributed by atoms with Crippen LogP contribution in [0, 0.1) is 18.7 Å². The second kappa shape index (κ2) is 10.5. The van der Waals surface area contributed by atoms with Gasteiger partial charge in [-0.1, -0.05) is 0 Å². The maximum atomic E-state index is 13.4. The number of anilines is 2. The number of nitrogens with one attached hydrogen (secondary N) is 2. The SMILES string of the molecule is Cc1nc(NC2CC2)nc(N[C@@H]2C[C@H](CS(=O)(=O)c3ccc(F)cc3)[C@@H](O)[C@H]2O)c1-c1nc2c(C3CC3)nccc2s1. The van der Waals surface area contributed by atoms with Crippen molar-refractivity contribution < 1.29 is 23.0 Å². The van der Waals surface area contributed by atoms with Gasteiger partial charge in [0.2, 0.25) is 5.95 Å². The molecule has 10 nitrogen and oxygen atoms in total. The number of nitrogens with zero attached hydrogens (tertiary/aromatic N) is 4. The summed E-state index contributed by atoms with van der Waals surface area (Å²) in [6.07, 6.45) is 3.79. The lowest BCUT2D eigenvalue weighted by molar-refractivity contribution is 0.0216. The summed E-state index contributed by atoms with van der Waals surface area (Å²) in [4.78, 5) is 19.0. The van der Waals surface area contributed by atoms with Crippen molar-refractivity contribution in [3.8, 4) is 10.6 Å². The first kappa shape index (κ1) is 27.6. The van der Waals surface area contributed by atoms with Crippen molar-refractivity contribution in [3.63, 3.8) is 0 Å². The first-order valence-corrected chi connectivity index (χ1v) is 16.6. The van der Waals surface area contributed by atoms with Gasteiger partial charge in [-0.3, -0.25) is 4.98 Å². The molecule has 13 heteroatoms. The van der Waals surface area contributed by atoms with E-state index < -0.39 is 39.8 Å². The van der Waals surface area contributed by atoms with Crippen LogP contribution in [-0.2, 0) is 9.84 Å². The summed E-state index contributed by atoms with van der Waals surface area (Å²) in [5.41, 5.74) is 3.30. The fourth-order valence-electron chi connectivity index (χ4n) is 5.67. The molecular weight excluding hydrogens is 579 g/mol. The molecule has 4 atom stereocenters. The molecule has 42 heavy (non-hydrogen) atoms. The molecule has 3 aromatic heterocycles. The van der Waals surface area contributed by atoms with Gasteiger partial charge in [0.1, 0.15) is 28.3 Å². The molecule has 3 heterocycles. The summed E-state index contributed by atoms with van der Waals surface area (Å²) in [6.45, 7) is 1.89. The van der Waals surface area contributed by atoms with E-state index in [1.54, 1.807) is 0 Å². The number of fused-ring (bicyclic) bond motifs is 1. The molecule has 0 amide bonds. The largest absolute Gasteiger partial charge is 0.390 e. The molecule has 3 fully saturated rings. The van der Waals surface area contributed by atoms with Crippen LogP contribution in [0.2, 0.25) is 0 Å². The van der Waals surface area contributed by atoms with E-state index in [4.69, 9.17) is 15.0 Å². The van der Waals surface area contributed by atoms with E-state index in [1.807, 2.05) is 19.2 Å². The molecule has 3 saturated carbocycles. The van der Waals surface area contributed by atoms with E-state index in [2.05, 4.69) is 15.6 Å². The average molecular weight is 611 g/mol. The summed E-state index contributed by atoms with van der Waals surface area (Å²) in [6, 6.07) is 6.21. The molecule has 0 unspecified atom stereocenters. The van der Waals surface area contributed by atoms with Crippen LogP contribution in [0.1, 0.15) is 49.4 Å². The molecule has 220 valence electrons. The summed E-state index contributed by atoms with van der Waals surface area (Å²) < 4.78 is 40.5. The van der Waals surface area contributed by atoms with Crippen LogP contribution in [0.25, 0.3) is 20.8 Å². The van der Waals surface area contributed by atoms with E-state index in [1.165, 1.54) is 23.5 Å². The lowest BCUT2D eigenvalue weighted by Gasteiger charge is -2.21. The van der Waals surface area contributed by atoms with Crippen LogP contribution in [0.5, 0.6) is 0 Å². The molecule has 3 aliphatic carbocycles. The number of benzene rings is 1. The highest BCUT2D eigenvalue weighted by Crippen LogP contribution is 2.45. The Bertz CT molecular complexity index is 1760. The van der Waals surface area contributed by atoms with E-state index in [9.17, 15) is 23.0 Å². The van der Waals surface area contributed by atoms with Gasteiger partial charge >= 0.3 is 0 Å². The Morgan fingerprint density at radius 1 is 1.00 bits per heavy atom. The lowest BCUT2D eigenvalue weighted by Crippen LogP contribution is -2.36. The number of pyridine rings is 1. The number of aromatic nitrogens is 4. The highest BCUT2D eigenvalue weighted by atomic mass is 32.2. The number of aliphatic hydroxyl groups excluding tert-OH is 2. The predicted octanol–water partition coefficient (Wildman–Crippen LogP) is 4.04. The first-order valence-electron chi connectivity index (χ1n) is 14.2. The zero-order valence-corrected chi connectivity index (χ0v) is 24.5. The molecule has 4 aromatic rings. The lowest BCUT2D eigenvalue weighted by atomic mass is 10.1. The van der Waals surface area contributed by atoms with Crippen LogP contribution in [0.4, 0.5) is 16.2 Å². The van der Waals surface area contributed by atoms with Crippen molar-refractivity contribution in [1.29, 1.82) is 0 Å². The van der Waals surface area contributed by atoms with Crippen LogP contribution in [0.3, 0.4) is 0 Å². The molecule has 0 bridgehead atoms. The van der Waals surface area contributed by atoms with Gasteiger partial charge in [0.05, 0.1) is 44.4 Å². The number of hydrogen-bond acceptors (Lipinski definition) is 11. The van der Waals surface area contributed by atoms with E-state index in [0.29, 0.717) is 35.0 Å². The molecule has 0 spiro atoms. The number of halogens is 1. The fraction of sp³-hybridized carbons (Fsp3) is 0.448. The topological polar surface area (TPSA) is 150 Å². The molecule has 4 N–H and O–H groups in total. The monoisotopic (exact) mass is 610 g/mol. The van der Waals surface area contributed by atoms with Crippen molar-refractivity contribution in [2.75, 3.05) is 16.4 Å². The van der Waals surface area contributed by atoms with Crippen LogP contribution >= 0.6 is 11.3 Å². The van der Waals surface area contributed by atoms with E-state index >= 15 is 0 Å². The summed E-state index contributed by atoms with van der Waals surface area (Å²) in [5, 5.41) is 29.3. The summed E-state index contributed by atoms with van der Waals surface area (Å²) >= 11 is 1.53.